The molecule has 1 aliphatic rings. The zero-order valence-electron chi connectivity index (χ0n) is 21.0. The second kappa shape index (κ2) is 11.5. The second-order valence-electron chi connectivity index (χ2n) is 9.34. The van der Waals surface area contributed by atoms with Gasteiger partial charge in [0.05, 0.1) is 29.2 Å². The smallest absolute Gasteiger partial charge is 0.219 e. The molecule has 1 atom stereocenters. The first-order chi connectivity index (χ1) is 16.7. The SMILES string of the molecule is C=NN(c1cnc(-c2ccc(C(=O)CCC(C)CC)c(F)c2F)cc1C)C1CCN(C(C)=O)CC1. The average Bonchev–Trinajstić information content (AvgIpc) is 2.85. The van der Waals surface area contributed by atoms with Gasteiger partial charge in [0.25, 0.3) is 0 Å². The molecule has 0 bridgehead atoms. The van der Waals surface area contributed by atoms with Crippen molar-refractivity contribution in [2.45, 2.75) is 65.8 Å². The third-order valence-electron chi connectivity index (χ3n) is 6.96. The zero-order valence-corrected chi connectivity index (χ0v) is 21.0. The lowest BCUT2D eigenvalue weighted by atomic mass is 9.96. The quantitative estimate of drug-likeness (QED) is 0.257. The number of aromatic nitrogens is 1. The third kappa shape index (κ3) is 5.92. The van der Waals surface area contributed by atoms with Crippen LogP contribution in [0.25, 0.3) is 11.3 Å². The first-order valence-corrected chi connectivity index (χ1v) is 12.2. The molecule has 1 aromatic carbocycles. The van der Waals surface area contributed by atoms with E-state index >= 15 is 0 Å². The van der Waals surface area contributed by atoms with Crippen molar-refractivity contribution >= 4 is 24.1 Å². The van der Waals surface area contributed by atoms with Crippen molar-refractivity contribution in [3.8, 4) is 11.3 Å². The highest BCUT2D eigenvalue weighted by Gasteiger charge is 2.27. The van der Waals surface area contributed by atoms with Crippen LogP contribution in [0.5, 0.6) is 0 Å². The molecule has 0 radical (unpaired) electrons. The molecule has 6 nitrogen and oxygen atoms in total. The predicted octanol–water partition coefficient (Wildman–Crippen LogP) is 5.78. The highest BCUT2D eigenvalue weighted by atomic mass is 19.2. The predicted molar refractivity (Wildman–Crippen MR) is 135 cm³/mol. The number of carbonyl (C=O) groups excluding carboxylic acids is 2. The number of hydrogen-bond acceptors (Lipinski definition) is 5. The molecule has 0 N–H and O–H groups in total. The second-order valence-corrected chi connectivity index (χ2v) is 9.34. The Morgan fingerprint density at radius 3 is 2.51 bits per heavy atom. The highest BCUT2D eigenvalue weighted by molar-refractivity contribution is 5.96. The lowest BCUT2D eigenvalue weighted by Crippen LogP contribution is -2.44. The fraction of sp³-hybridized carbons (Fsp3) is 0.481. The largest absolute Gasteiger partial charge is 0.343 e. The molecule has 3 rings (SSSR count). The number of pyridine rings is 1. The van der Waals surface area contributed by atoms with Crippen LogP contribution >= 0.6 is 0 Å². The number of rotatable bonds is 9. The Balaban J connectivity index is 1.81. The number of carbonyl (C=O) groups is 2. The molecule has 1 unspecified atom stereocenters. The van der Waals surface area contributed by atoms with Gasteiger partial charge >= 0.3 is 0 Å². The van der Waals surface area contributed by atoms with Gasteiger partial charge in [0, 0.05) is 38.7 Å². The number of piperidine rings is 1. The number of likely N-dealkylation sites (tertiary alicyclic amines) is 1. The standard InChI is InChI=1S/C27H34F2N4O2/c1-6-17(2)7-10-25(35)22-9-8-21(26(28)27(22)29)23-15-18(3)24(16-31-23)33(30-5)20-11-13-32(14-12-20)19(4)34/h8-9,15-17,20H,5-7,10-14H2,1-4H3. The Morgan fingerprint density at radius 1 is 1.26 bits per heavy atom. The number of Topliss-reactive ketones (excluding diaryl/α,β-unsaturated/α-hetero) is 1. The Labute approximate surface area is 206 Å². The summed E-state index contributed by atoms with van der Waals surface area (Å²) in [6.07, 6.45) is 4.83. The van der Waals surface area contributed by atoms with Crippen LogP contribution in [0, 0.1) is 24.5 Å². The van der Waals surface area contributed by atoms with E-state index in [1.165, 1.54) is 12.1 Å². The molecule has 188 valence electrons. The van der Waals surface area contributed by atoms with Gasteiger partial charge in [-0.1, -0.05) is 20.3 Å². The van der Waals surface area contributed by atoms with E-state index in [2.05, 4.69) is 16.8 Å². The molecular weight excluding hydrogens is 450 g/mol. The van der Waals surface area contributed by atoms with E-state index < -0.39 is 17.4 Å². The summed E-state index contributed by atoms with van der Waals surface area (Å²) >= 11 is 0. The van der Waals surface area contributed by atoms with Crippen molar-refractivity contribution in [2.75, 3.05) is 18.1 Å². The Bertz CT molecular complexity index is 1100. The van der Waals surface area contributed by atoms with Gasteiger partial charge in [-0.2, -0.15) is 5.10 Å². The molecule has 8 heteroatoms. The van der Waals surface area contributed by atoms with Crippen LogP contribution in [-0.4, -0.2) is 47.4 Å². The van der Waals surface area contributed by atoms with Crippen molar-refractivity contribution in [2.24, 2.45) is 11.0 Å². The number of halogens is 2. The number of amides is 1. The number of nitrogens with zero attached hydrogens (tertiary/aromatic N) is 4. The summed E-state index contributed by atoms with van der Waals surface area (Å²) < 4.78 is 29.8. The van der Waals surface area contributed by atoms with Gasteiger partial charge in [-0.25, -0.2) is 8.78 Å². The summed E-state index contributed by atoms with van der Waals surface area (Å²) in [4.78, 5) is 30.2. The first-order valence-electron chi connectivity index (χ1n) is 12.2. The van der Waals surface area contributed by atoms with Crippen molar-refractivity contribution in [1.29, 1.82) is 0 Å². The molecule has 1 amide bonds. The van der Waals surface area contributed by atoms with E-state index in [1.54, 1.807) is 24.2 Å². The van der Waals surface area contributed by atoms with E-state index in [-0.39, 0.29) is 35.2 Å². The Hall–Kier alpha value is -3.16. The van der Waals surface area contributed by atoms with Gasteiger partial charge in [0.2, 0.25) is 5.91 Å². The normalized spacial score (nSPS) is 15.1. The average molecular weight is 485 g/mol. The summed E-state index contributed by atoms with van der Waals surface area (Å²) in [6.45, 7) is 12.5. The van der Waals surface area contributed by atoms with Crippen LogP contribution in [0.1, 0.15) is 68.8 Å². The van der Waals surface area contributed by atoms with Crippen molar-refractivity contribution in [1.82, 2.24) is 9.88 Å². The number of aryl methyl sites for hydroxylation is 1. The Kier molecular flexibility index (Phi) is 8.70. The highest BCUT2D eigenvalue weighted by Crippen LogP contribution is 2.31. The van der Waals surface area contributed by atoms with Crippen LogP contribution in [0.3, 0.4) is 0 Å². The molecule has 1 saturated heterocycles. The van der Waals surface area contributed by atoms with Crippen molar-refractivity contribution in [3.05, 3.63) is 47.2 Å². The lowest BCUT2D eigenvalue weighted by Gasteiger charge is -2.37. The van der Waals surface area contributed by atoms with E-state index in [9.17, 15) is 18.4 Å². The third-order valence-corrected chi connectivity index (χ3v) is 6.96. The molecule has 0 saturated carbocycles. The molecule has 1 aliphatic heterocycles. The van der Waals surface area contributed by atoms with E-state index in [1.807, 2.05) is 25.7 Å². The number of ketones is 1. The molecule has 35 heavy (non-hydrogen) atoms. The Morgan fingerprint density at radius 2 is 1.94 bits per heavy atom. The summed E-state index contributed by atoms with van der Waals surface area (Å²) in [5.74, 6) is -2.19. The van der Waals surface area contributed by atoms with Crippen LogP contribution < -0.4 is 5.01 Å². The van der Waals surface area contributed by atoms with Gasteiger partial charge in [0.15, 0.2) is 17.4 Å². The minimum Gasteiger partial charge on any atom is -0.343 e. The molecule has 1 aromatic heterocycles. The number of benzene rings is 1. The lowest BCUT2D eigenvalue weighted by molar-refractivity contribution is -0.129. The summed E-state index contributed by atoms with van der Waals surface area (Å²) in [6, 6.07) is 4.50. The summed E-state index contributed by atoms with van der Waals surface area (Å²) in [5.41, 5.74) is 1.56. The van der Waals surface area contributed by atoms with Crippen LogP contribution in [0.4, 0.5) is 14.5 Å². The maximum Gasteiger partial charge on any atom is 0.219 e. The van der Waals surface area contributed by atoms with Gasteiger partial charge in [-0.3, -0.25) is 19.6 Å². The maximum absolute atomic E-state index is 15.0. The molecule has 2 aromatic rings. The van der Waals surface area contributed by atoms with Crippen LogP contribution in [-0.2, 0) is 4.79 Å². The fourth-order valence-corrected chi connectivity index (χ4v) is 4.43. The number of hydrazone groups is 1. The molecule has 0 aliphatic carbocycles. The number of hydrogen-bond donors (Lipinski definition) is 0. The molecular formula is C27H34F2N4O2. The minimum atomic E-state index is -1.13. The molecule has 1 fully saturated rings. The number of anilines is 1. The summed E-state index contributed by atoms with van der Waals surface area (Å²) in [7, 11) is 0. The van der Waals surface area contributed by atoms with Crippen molar-refractivity contribution in [3.63, 3.8) is 0 Å². The van der Waals surface area contributed by atoms with E-state index in [4.69, 9.17) is 0 Å². The van der Waals surface area contributed by atoms with Crippen LogP contribution in [0.15, 0.2) is 29.5 Å². The van der Waals surface area contributed by atoms with Gasteiger partial charge in [-0.05, 0) is 55.9 Å². The van der Waals surface area contributed by atoms with Crippen molar-refractivity contribution < 1.29 is 18.4 Å². The maximum atomic E-state index is 15.0. The van der Waals surface area contributed by atoms with Gasteiger partial charge in [0.1, 0.15) is 0 Å². The monoisotopic (exact) mass is 484 g/mol. The van der Waals surface area contributed by atoms with Crippen LogP contribution in [0.2, 0.25) is 0 Å². The summed E-state index contributed by atoms with van der Waals surface area (Å²) in [5, 5.41) is 5.97. The molecule has 2 heterocycles. The van der Waals surface area contributed by atoms with E-state index in [0.717, 1.165) is 30.5 Å². The zero-order chi connectivity index (χ0) is 25.7. The minimum absolute atomic E-state index is 0.00325. The van der Waals surface area contributed by atoms with E-state index in [0.29, 0.717) is 25.4 Å². The topological polar surface area (TPSA) is 65.9 Å². The first kappa shape index (κ1) is 26.4. The molecule has 0 spiro atoms. The van der Waals surface area contributed by atoms with Gasteiger partial charge in [-0.15, -0.1) is 0 Å². The fourth-order valence-electron chi connectivity index (χ4n) is 4.43. The van der Waals surface area contributed by atoms with Gasteiger partial charge < -0.3 is 4.90 Å².